The molecule has 0 saturated heterocycles. The maximum absolute atomic E-state index is 11.7. The highest BCUT2D eigenvalue weighted by molar-refractivity contribution is 5.94. The van der Waals surface area contributed by atoms with E-state index < -0.39 is 0 Å². The molecule has 1 aromatic rings. The third kappa shape index (κ3) is 3.98. The van der Waals surface area contributed by atoms with Crippen LogP contribution in [-0.4, -0.2) is 13.0 Å². The smallest absolute Gasteiger partial charge is 0.224 e. The van der Waals surface area contributed by atoms with Gasteiger partial charge in [-0.3, -0.25) is 4.79 Å². The quantitative estimate of drug-likeness (QED) is 0.772. The van der Waals surface area contributed by atoms with Gasteiger partial charge < -0.3 is 15.8 Å². The van der Waals surface area contributed by atoms with Crippen LogP contribution in [0.3, 0.4) is 0 Å². The monoisotopic (exact) mass is 236 g/mol. The highest BCUT2D eigenvalue weighted by atomic mass is 16.5. The molecule has 1 aromatic carbocycles. The van der Waals surface area contributed by atoms with Crippen LogP contribution in [0.1, 0.15) is 26.7 Å². The Morgan fingerprint density at radius 1 is 1.53 bits per heavy atom. The Morgan fingerprint density at radius 2 is 2.24 bits per heavy atom. The molecule has 4 heteroatoms. The number of benzene rings is 1. The predicted octanol–water partition coefficient (Wildman–Crippen LogP) is 2.65. The molecule has 0 spiro atoms. The Kier molecular flexibility index (Phi) is 4.82. The summed E-state index contributed by atoms with van der Waals surface area (Å²) in [4.78, 5) is 11.7. The van der Waals surface area contributed by atoms with E-state index in [4.69, 9.17) is 10.5 Å². The standard InChI is InChI=1S/C13H20N2O2/c1-4-9(2)7-13(16)15-12-8-10(17-3)5-6-11(12)14/h5-6,8-9H,4,7,14H2,1-3H3,(H,15,16). The van der Waals surface area contributed by atoms with Crippen LogP contribution >= 0.6 is 0 Å². The molecular formula is C13H20N2O2. The molecule has 1 atom stereocenters. The summed E-state index contributed by atoms with van der Waals surface area (Å²) in [6.45, 7) is 4.12. The first kappa shape index (κ1) is 13.4. The second-order valence-electron chi connectivity index (χ2n) is 4.22. The summed E-state index contributed by atoms with van der Waals surface area (Å²) >= 11 is 0. The molecule has 0 aliphatic rings. The van der Waals surface area contributed by atoms with Gasteiger partial charge >= 0.3 is 0 Å². The van der Waals surface area contributed by atoms with Gasteiger partial charge in [-0.1, -0.05) is 20.3 Å². The van der Waals surface area contributed by atoms with E-state index in [2.05, 4.69) is 19.2 Å². The zero-order valence-electron chi connectivity index (χ0n) is 10.6. The SMILES string of the molecule is CCC(C)CC(=O)Nc1cc(OC)ccc1N. The van der Waals surface area contributed by atoms with Gasteiger partial charge in [0.1, 0.15) is 5.75 Å². The van der Waals surface area contributed by atoms with Crippen LogP contribution in [0.4, 0.5) is 11.4 Å². The van der Waals surface area contributed by atoms with Crippen molar-refractivity contribution in [2.45, 2.75) is 26.7 Å². The molecule has 1 amide bonds. The first-order valence-electron chi connectivity index (χ1n) is 5.80. The van der Waals surface area contributed by atoms with Gasteiger partial charge in [0.25, 0.3) is 0 Å². The average molecular weight is 236 g/mol. The number of carbonyl (C=O) groups excluding carboxylic acids is 1. The Hall–Kier alpha value is -1.71. The zero-order valence-corrected chi connectivity index (χ0v) is 10.6. The van der Waals surface area contributed by atoms with E-state index in [-0.39, 0.29) is 5.91 Å². The molecule has 94 valence electrons. The number of nitrogens with two attached hydrogens (primary N) is 1. The van der Waals surface area contributed by atoms with Crippen molar-refractivity contribution < 1.29 is 9.53 Å². The van der Waals surface area contributed by atoms with Crippen LogP contribution in [0, 0.1) is 5.92 Å². The van der Waals surface area contributed by atoms with Gasteiger partial charge in [0.15, 0.2) is 0 Å². The van der Waals surface area contributed by atoms with Gasteiger partial charge in [-0.2, -0.15) is 0 Å². The minimum atomic E-state index is -0.0145. The molecule has 1 rings (SSSR count). The Balaban J connectivity index is 2.70. The van der Waals surface area contributed by atoms with E-state index in [1.54, 1.807) is 25.3 Å². The highest BCUT2D eigenvalue weighted by Gasteiger charge is 2.09. The van der Waals surface area contributed by atoms with Crippen molar-refractivity contribution in [3.63, 3.8) is 0 Å². The highest BCUT2D eigenvalue weighted by Crippen LogP contribution is 2.24. The summed E-state index contributed by atoms with van der Waals surface area (Å²) in [5.41, 5.74) is 6.94. The molecule has 17 heavy (non-hydrogen) atoms. The summed E-state index contributed by atoms with van der Waals surface area (Å²) in [5, 5.41) is 2.81. The lowest BCUT2D eigenvalue weighted by atomic mass is 10.0. The van der Waals surface area contributed by atoms with Crippen molar-refractivity contribution in [3.05, 3.63) is 18.2 Å². The van der Waals surface area contributed by atoms with Crippen LogP contribution in [-0.2, 0) is 4.79 Å². The number of ether oxygens (including phenoxy) is 1. The molecule has 0 heterocycles. The average Bonchev–Trinajstić information content (AvgIpc) is 2.31. The molecule has 0 aliphatic heterocycles. The van der Waals surface area contributed by atoms with Gasteiger partial charge in [-0.05, 0) is 18.1 Å². The Morgan fingerprint density at radius 3 is 2.82 bits per heavy atom. The molecule has 3 N–H and O–H groups in total. The van der Waals surface area contributed by atoms with E-state index in [0.717, 1.165) is 6.42 Å². The number of hydrogen-bond donors (Lipinski definition) is 2. The van der Waals surface area contributed by atoms with Crippen LogP contribution in [0.2, 0.25) is 0 Å². The van der Waals surface area contributed by atoms with Crippen LogP contribution < -0.4 is 15.8 Å². The van der Waals surface area contributed by atoms with Crippen LogP contribution in [0.5, 0.6) is 5.75 Å². The molecule has 0 fully saturated rings. The van der Waals surface area contributed by atoms with Crippen molar-refractivity contribution in [3.8, 4) is 5.75 Å². The first-order chi connectivity index (χ1) is 8.06. The molecule has 0 aromatic heterocycles. The maximum atomic E-state index is 11.7. The maximum Gasteiger partial charge on any atom is 0.224 e. The molecule has 1 unspecified atom stereocenters. The molecule has 0 bridgehead atoms. The largest absolute Gasteiger partial charge is 0.497 e. The summed E-state index contributed by atoms with van der Waals surface area (Å²) in [6.07, 6.45) is 1.49. The second kappa shape index (κ2) is 6.13. The van der Waals surface area contributed by atoms with Gasteiger partial charge in [0, 0.05) is 12.5 Å². The summed E-state index contributed by atoms with van der Waals surface area (Å²) in [7, 11) is 1.58. The van der Waals surface area contributed by atoms with Crippen molar-refractivity contribution in [1.82, 2.24) is 0 Å². The number of anilines is 2. The van der Waals surface area contributed by atoms with Gasteiger partial charge in [0.05, 0.1) is 18.5 Å². The number of nitrogens with one attached hydrogen (secondary N) is 1. The second-order valence-corrected chi connectivity index (χ2v) is 4.22. The Labute approximate surface area is 102 Å². The first-order valence-corrected chi connectivity index (χ1v) is 5.80. The third-order valence-electron chi connectivity index (χ3n) is 2.77. The lowest BCUT2D eigenvalue weighted by molar-refractivity contribution is -0.117. The molecule has 0 radical (unpaired) electrons. The minimum Gasteiger partial charge on any atom is -0.497 e. The van der Waals surface area contributed by atoms with E-state index in [1.165, 1.54) is 0 Å². The number of amides is 1. The number of methoxy groups -OCH3 is 1. The van der Waals surface area contributed by atoms with E-state index in [9.17, 15) is 4.79 Å². The summed E-state index contributed by atoms with van der Waals surface area (Å²) in [6, 6.07) is 5.21. The Bertz CT molecular complexity index is 391. The summed E-state index contributed by atoms with van der Waals surface area (Å²) < 4.78 is 5.09. The fourth-order valence-corrected chi connectivity index (χ4v) is 1.43. The van der Waals surface area contributed by atoms with Crippen LogP contribution in [0.25, 0.3) is 0 Å². The van der Waals surface area contributed by atoms with Crippen molar-refractivity contribution in [1.29, 1.82) is 0 Å². The molecule has 0 aliphatic carbocycles. The van der Waals surface area contributed by atoms with E-state index >= 15 is 0 Å². The zero-order chi connectivity index (χ0) is 12.8. The minimum absolute atomic E-state index is 0.0145. The fraction of sp³-hybridized carbons (Fsp3) is 0.462. The van der Waals surface area contributed by atoms with Crippen LogP contribution in [0.15, 0.2) is 18.2 Å². The van der Waals surface area contributed by atoms with Crippen molar-refractivity contribution in [2.24, 2.45) is 5.92 Å². The van der Waals surface area contributed by atoms with Crippen molar-refractivity contribution >= 4 is 17.3 Å². The summed E-state index contributed by atoms with van der Waals surface area (Å²) in [5.74, 6) is 1.04. The fourth-order valence-electron chi connectivity index (χ4n) is 1.43. The van der Waals surface area contributed by atoms with Gasteiger partial charge in [-0.25, -0.2) is 0 Å². The number of carbonyl (C=O) groups is 1. The van der Waals surface area contributed by atoms with E-state index in [0.29, 0.717) is 29.5 Å². The van der Waals surface area contributed by atoms with Gasteiger partial charge in [0.2, 0.25) is 5.91 Å². The molecule has 4 nitrogen and oxygen atoms in total. The van der Waals surface area contributed by atoms with E-state index in [1.807, 2.05) is 0 Å². The topological polar surface area (TPSA) is 64.3 Å². The van der Waals surface area contributed by atoms with Crippen molar-refractivity contribution in [2.75, 3.05) is 18.2 Å². The predicted molar refractivity (Wildman–Crippen MR) is 70.1 cm³/mol. The number of rotatable bonds is 5. The molecular weight excluding hydrogens is 216 g/mol. The number of hydrogen-bond acceptors (Lipinski definition) is 3. The third-order valence-corrected chi connectivity index (χ3v) is 2.77. The lowest BCUT2D eigenvalue weighted by Gasteiger charge is -2.12. The normalized spacial score (nSPS) is 11.9. The lowest BCUT2D eigenvalue weighted by Crippen LogP contribution is -2.15. The number of nitrogen functional groups attached to an aromatic ring is 1. The van der Waals surface area contributed by atoms with Gasteiger partial charge in [-0.15, -0.1) is 0 Å². The molecule has 0 saturated carbocycles.